The van der Waals surface area contributed by atoms with E-state index in [1.807, 2.05) is 42.5 Å². The molecule has 2 aromatic carbocycles. The molecule has 6 nitrogen and oxygen atoms in total. The molecule has 0 fully saturated rings. The average molecular weight is 397 g/mol. The van der Waals surface area contributed by atoms with Crippen molar-refractivity contribution in [2.24, 2.45) is 7.05 Å². The van der Waals surface area contributed by atoms with E-state index in [4.69, 9.17) is 4.52 Å². The molecule has 4 rings (SSSR count). The number of benzene rings is 2. The van der Waals surface area contributed by atoms with Gasteiger partial charge in [-0.25, -0.2) is 4.98 Å². The summed E-state index contributed by atoms with van der Waals surface area (Å²) >= 11 is 3.48. The van der Waals surface area contributed by atoms with Crippen LogP contribution in [0.3, 0.4) is 0 Å². The summed E-state index contributed by atoms with van der Waals surface area (Å²) in [4.78, 5) is 20.8. The molecule has 2 heterocycles. The molecule has 0 amide bonds. The maximum Gasteiger partial charge on any atom is 0.272 e. The number of aromatic nitrogens is 4. The van der Waals surface area contributed by atoms with E-state index in [0.29, 0.717) is 22.9 Å². The second-order valence-electron chi connectivity index (χ2n) is 5.67. The summed E-state index contributed by atoms with van der Waals surface area (Å²) in [5.74, 6) is 0.910. The van der Waals surface area contributed by atoms with Gasteiger partial charge in [-0.1, -0.05) is 17.3 Å². The van der Waals surface area contributed by atoms with Gasteiger partial charge in [0.1, 0.15) is 5.69 Å². The maximum absolute atomic E-state index is 12.0. The van der Waals surface area contributed by atoms with Gasteiger partial charge < -0.3 is 9.09 Å². The Labute approximate surface area is 151 Å². The van der Waals surface area contributed by atoms with Gasteiger partial charge in [-0.3, -0.25) is 4.79 Å². The first-order valence-electron chi connectivity index (χ1n) is 7.61. The van der Waals surface area contributed by atoms with Crippen LogP contribution in [0.1, 0.15) is 5.69 Å². The molecule has 0 aliphatic carbocycles. The van der Waals surface area contributed by atoms with Crippen molar-refractivity contribution >= 4 is 27.0 Å². The number of nitrogens with zero attached hydrogens (tertiary/aromatic N) is 4. The van der Waals surface area contributed by atoms with Crippen LogP contribution in [0, 0.1) is 6.92 Å². The first kappa shape index (κ1) is 15.7. The van der Waals surface area contributed by atoms with Crippen LogP contribution in [-0.4, -0.2) is 19.7 Å². The van der Waals surface area contributed by atoms with Gasteiger partial charge >= 0.3 is 0 Å². The van der Waals surface area contributed by atoms with Crippen LogP contribution in [0.25, 0.3) is 33.9 Å². The van der Waals surface area contributed by atoms with Crippen LogP contribution in [-0.2, 0) is 7.05 Å². The SMILES string of the molecule is Cc1nc2cc(-c3noc(-c4ccccc4Br)n3)ccc2n(C)c1=O. The van der Waals surface area contributed by atoms with E-state index in [-0.39, 0.29) is 5.56 Å². The molecular formula is C18H13BrN4O2. The van der Waals surface area contributed by atoms with Crippen molar-refractivity contribution in [2.75, 3.05) is 0 Å². The van der Waals surface area contributed by atoms with Gasteiger partial charge in [0.2, 0.25) is 5.82 Å². The molecule has 0 aliphatic rings. The van der Waals surface area contributed by atoms with Crippen LogP contribution in [0.2, 0.25) is 0 Å². The van der Waals surface area contributed by atoms with Gasteiger partial charge in [0, 0.05) is 17.1 Å². The highest BCUT2D eigenvalue weighted by Crippen LogP contribution is 2.29. The molecule has 4 aromatic rings. The Morgan fingerprint density at radius 3 is 2.72 bits per heavy atom. The number of hydrogen-bond acceptors (Lipinski definition) is 5. The molecule has 0 bridgehead atoms. The number of halogens is 1. The fraction of sp³-hybridized carbons (Fsp3) is 0.111. The van der Waals surface area contributed by atoms with Gasteiger partial charge in [0.05, 0.1) is 16.6 Å². The van der Waals surface area contributed by atoms with Crippen molar-refractivity contribution in [1.29, 1.82) is 0 Å². The smallest absolute Gasteiger partial charge is 0.272 e. The van der Waals surface area contributed by atoms with E-state index >= 15 is 0 Å². The predicted octanol–water partition coefficient (Wildman–Crippen LogP) is 3.72. The third-order valence-electron chi connectivity index (χ3n) is 4.03. The lowest BCUT2D eigenvalue weighted by Crippen LogP contribution is -2.20. The molecule has 0 aliphatic heterocycles. The molecule has 0 spiro atoms. The molecule has 2 aromatic heterocycles. The minimum absolute atomic E-state index is 0.101. The van der Waals surface area contributed by atoms with E-state index in [1.54, 1.807) is 18.5 Å². The highest BCUT2D eigenvalue weighted by molar-refractivity contribution is 9.10. The van der Waals surface area contributed by atoms with Gasteiger partial charge in [-0.15, -0.1) is 0 Å². The Kier molecular flexibility index (Phi) is 3.73. The second-order valence-corrected chi connectivity index (χ2v) is 6.52. The molecule has 0 N–H and O–H groups in total. The van der Waals surface area contributed by atoms with Crippen molar-refractivity contribution in [1.82, 2.24) is 19.7 Å². The van der Waals surface area contributed by atoms with Crippen LogP contribution < -0.4 is 5.56 Å². The quantitative estimate of drug-likeness (QED) is 0.516. The molecular weight excluding hydrogens is 384 g/mol. The van der Waals surface area contributed by atoms with E-state index in [9.17, 15) is 4.79 Å². The summed E-state index contributed by atoms with van der Waals surface area (Å²) in [7, 11) is 1.73. The van der Waals surface area contributed by atoms with Crippen molar-refractivity contribution in [2.45, 2.75) is 6.92 Å². The van der Waals surface area contributed by atoms with E-state index in [2.05, 4.69) is 31.1 Å². The van der Waals surface area contributed by atoms with Crippen LogP contribution in [0.15, 0.2) is 56.3 Å². The van der Waals surface area contributed by atoms with Gasteiger partial charge in [-0.2, -0.15) is 4.98 Å². The topological polar surface area (TPSA) is 73.8 Å². The van der Waals surface area contributed by atoms with Crippen molar-refractivity contribution in [3.8, 4) is 22.8 Å². The summed E-state index contributed by atoms with van der Waals surface area (Å²) in [6.07, 6.45) is 0. The van der Waals surface area contributed by atoms with Gasteiger partial charge in [-0.05, 0) is 53.2 Å². The van der Waals surface area contributed by atoms with Gasteiger partial charge in [0.15, 0.2) is 0 Å². The first-order valence-corrected chi connectivity index (χ1v) is 8.40. The van der Waals surface area contributed by atoms with Crippen molar-refractivity contribution < 1.29 is 4.52 Å². The molecule has 0 atom stereocenters. The summed E-state index contributed by atoms with van der Waals surface area (Å²) < 4.78 is 7.87. The summed E-state index contributed by atoms with van der Waals surface area (Å²) in [6.45, 7) is 1.70. The lowest BCUT2D eigenvalue weighted by molar-refractivity contribution is 0.432. The van der Waals surface area contributed by atoms with Crippen molar-refractivity contribution in [3.05, 3.63) is 63.0 Å². The Morgan fingerprint density at radius 1 is 1.12 bits per heavy atom. The summed E-state index contributed by atoms with van der Waals surface area (Å²) in [5, 5.41) is 4.07. The minimum Gasteiger partial charge on any atom is -0.334 e. The Morgan fingerprint density at radius 2 is 1.92 bits per heavy atom. The lowest BCUT2D eigenvalue weighted by atomic mass is 10.1. The molecule has 25 heavy (non-hydrogen) atoms. The fourth-order valence-electron chi connectivity index (χ4n) is 2.70. The van der Waals surface area contributed by atoms with E-state index in [0.717, 1.165) is 21.1 Å². The number of hydrogen-bond donors (Lipinski definition) is 0. The molecule has 0 radical (unpaired) electrons. The highest BCUT2D eigenvalue weighted by Gasteiger charge is 2.14. The largest absolute Gasteiger partial charge is 0.334 e. The lowest BCUT2D eigenvalue weighted by Gasteiger charge is -2.06. The number of fused-ring (bicyclic) bond motifs is 1. The zero-order valence-electron chi connectivity index (χ0n) is 13.5. The maximum atomic E-state index is 12.0. The zero-order valence-corrected chi connectivity index (χ0v) is 15.1. The normalized spacial score (nSPS) is 11.2. The summed E-state index contributed by atoms with van der Waals surface area (Å²) in [5.41, 5.74) is 3.43. The Hall–Kier alpha value is -2.80. The monoisotopic (exact) mass is 396 g/mol. The van der Waals surface area contributed by atoms with Crippen molar-refractivity contribution in [3.63, 3.8) is 0 Å². The second kappa shape index (κ2) is 5.93. The Bertz CT molecular complexity index is 1160. The number of aryl methyl sites for hydroxylation is 2. The minimum atomic E-state index is -0.101. The molecule has 0 saturated carbocycles. The third kappa shape index (κ3) is 2.66. The molecule has 124 valence electrons. The van der Waals surface area contributed by atoms with Crippen LogP contribution in [0.5, 0.6) is 0 Å². The highest BCUT2D eigenvalue weighted by atomic mass is 79.9. The van der Waals surface area contributed by atoms with E-state index < -0.39 is 0 Å². The summed E-state index contributed by atoms with van der Waals surface area (Å²) in [6, 6.07) is 13.2. The standard InChI is InChI=1S/C18H13BrN4O2/c1-10-18(24)23(2)15-8-7-11(9-14(15)20-10)16-21-17(25-22-16)12-5-3-4-6-13(12)19/h3-9H,1-2H3. The average Bonchev–Trinajstić information content (AvgIpc) is 3.09. The molecule has 7 heteroatoms. The zero-order chi connectivity index (χ0) is 17.6. The van der Waals surface area contributed by atoms with E-state index in [1.165, 1.54) is 0 Å². The van der Waals surface area contributed by atoms with Crippen LogP contribution in [0.4, 0.5) is 0 Å². The first-order chi connectivity index (χ1) is 12.0. The van der Waals surface area contributed by atoms with Crippen LogP contribution >= 0.6 is 15.9 Å². The number of rotatable bonds is 2. The Balaban J connectivity index is 1.82. The molecule has 0 unspecified atom stereocenters. The fourth-order valence-corrected chi connectivity index (χ4v) is 3.16. The predicted molar refractivity (Wildman–Crippen MR) is 98.1 cm³/mol. The third-order valence-corrected chi connectivity index (χ3v) is 4.72. The molecule has 0 saturated heterocycles. The van der Waals surface area contributed by atoms with Gasteiger partial charge in [0.25, 0.3) is 11.4 Å².